The summed E-state index contributed by atoms with van der Waals surface area (Å²) in [4.78, 5) is 0.102. The lowest BCUT2D eigenvalue weighted by Crippen LogP contribution is -2.35. The van der Waals surface area contributed by atoms with E-state index >= 15 is 0 Å². The van der Waals surface area contributed by atoms with Crippen LogP contribution in [0.4, 0.5) is 0 Å². The largest absolute Gasteiger partial charge is 0.497 e. The van der Waals surface area contributed by atoms with E-state index in [1.807, 2.05) is 0 Å². The van der Waals surface area contributed by atoms with Gasteiger partial charge in [0, 0.05) is 13.1 Å². The number of benzene rings is 1. The Labute approximate surface area is 106 Å². The fourth-order valence-corrected chi connectivity index (χ4v) is 2.89. The summed E-state index contributed by atoms with van der Waals surface area (Å²) in [5, 5.41) is 17.7. The van der Waals surface area contributed by atoms with E-state index in [1.165, 1.54) is 19.2 Å². The third-order valence-corrected chi connectivity index (χ3v) is 4.31. The van der Waals surface area contributed by atoms with Crippen molar-refractivity contribution < 1.29 is 23.4 Å². The molecule has 0 atom stereocenters. The molecular formula is C11H17NO5S. The number of methoxy groups -OCH3 is 1. The number of aliphatic hydroxyl groups excluding tert-OH is 2. The summed E-state index contributed by atoms with van der Waals surface area (Å²) in [5.74, 6) is 0.560. The monoisotopic (exact) mass is 275 g/mol. The first-order chi connectivity index (χ1) is 8.56. The molecule has 0 fully saturated rings. The van der Waals surface area contributed by atoms with E-state index in [9.17, 15) is 8.42 Å². The lowest BCUT2D eigenvalue weighted by molar-refractivity contribution is 0.217. The summed E-state index contributed by atoms with van der Waals surface area (Å²) in [7, 11) is -2.20. The average molecular weight is 275 g/mol. The molecule has 0 amide bonds. The molecule has 6 nitrogen and oxygen atoms in total. The number of sulfonamides is 1. The predicted octanol–water partition coefficient (Wildman–Crippen LogP) is -0.330. The van der Waals surface area contributed by atoms with Crippen LogP contribution in [0.3, 0.4) is 0 Å². The molecule has 0 aromatic heterocycles. The van der Waals surface area contributed by atoms with E-state index < -0.39 is 10.0 Å². The minimum absolute atomic E-state index is 0.0467. The molecule has 0 aliphatic carbocycles. The van der Waals surface area contributed by atoms with Gasteiger partial charge in [-0.1, -0.05) is 0 Å². The molecule has 0 heterocycles. The molecule has 0 saturated heterocycles. The van der Waals surface area contributed by atoms with Crippen molar-refractivity contribution in [2.24, 2.45) is 0 Å². The van der Waals surface area contributed by atoms with Crippen molar-refractivity contribution in [3.63, 3.8) is 0 Å². The third kappa shape index (κ3) is 3.42. The van der Waals surface area contributed by atoms with Crippen LogP contribution in [0.1, 0.15) is 0 Å². The molecule has 0 aliphatic rings. The number of hydrogen-bond donors (Lipinski definition) is 2. The number of nitrogens with zero attached hydrogens (tertiary/aromatic N) is 1. The van der Waals surface area contributed by atoms with Crippen molar-refractivity contribution in [2.45, 2.75) is 4.90 Å². The topological polar surface area (TPSA) is 87.1 Å². The summed E-state index contributed by atoms with van der Waals surface area (Å²) >= 11 is 0. The van der Waals surface area contributed by atoms with E-state index in [1.54, 1.807) is 12.1 Å². The molecule has 2 N–H and O–H groups in total. The first-order valence-corrected chi connectivity index (χ1v) is 6.86. The van der Waals surface area contributed by atoms with Crippen LogP contribution in [0.5, 0.6) is 5.75 Å². The van der Waals surface area contributed by atoms with Gasteiger partial charge in [0.25, 0.3) is 0 Å². The highest BCUT2D eigenvalue weighted by Crippen LogP contribution is 2.19. The molecule has 0 spiro atoms. The van der Waals surface area contributed by atoms with E-state index in [-0.39, 0.29) is 31.2 Å². The van der Waals surface area contributed by atoms with E-state index in [2.05, 4.69) is 0 Å². The number of hydrogen-bond acceptors (Lipinski definition) is 5. The van der Waals surface area contributed by atoms with Crippen LogP contribution in [-0.4, -0.2) is 56.3 Å². The van der Waals surface area contributed by atoms with Crippen LogP contribution in [-0.2, 0) is 10.0 Å². The van der Waals surface area contributed by atoms with Crippen molar-refractivity contribution >= 4 is 10.0 Å². The smallest absolute Gasteiger partial charge is 0.243 e. The van der Waals surface area contributed by atoms with E-state index in [4.69, 9.17) is 14.9 Å². The fourth-order valence-electron chi connectivity index (χ4n) is 1.47. The van der Waals surface area contributed by atoms with Gasteiger partial charge in [-0.25, -0.2) is 8.42 Å². The van der Waals surface area contributed by atoms with Gasteiger partial charge in [0.1, 0.15) is 5.75 Å². The Hall–Kier alpha value is -1.15. The molecule has 0 radical (unpaired) electrons. The molecule has 18 heavy (non-hydrogen) atoms. The molecule has 1 rings (SSSR count). The Balaban J connectivity index is 3.01. The molecule has 1 aromatic rings. The Bertz CT molecular complexity index is 451. The van der Waals surface area contributed by atoms with Crippen molar-refractivity contribution in [3.8, 4) is 5.75 Å². The Kier molecular flexibility index (Phi) is 5.54. The highest BCUT2D eigenvalue weighted by atomic mass is 32.2. The molecule has 7 heteroatoms. The molecule has 0 aliphatic heterocycles. The second-order valence-electron chi connectivity index (χ2n) is 3.53. The maximum absolute atomic E-state index is 12.2. The maximum Gasteiger partial charge on any atom is 0.243 e. The minimum atomic E-state index is -3.69. The highest BCUT2D eigenvalue weighted by Gasteiger charge is 2.23. The van der Waals surface area contributed by atoms with Crippen LogP contribution < -0.4 is 4.74 Å². The Morgan fingerprint density at radius 3 is 2.00 bits per heavy atom. The zero-order chi connectivity index (χ0) is 13.6. The Morgan fingerprint density at radius 1 is 1.11 bits per heavy atom. The van der Waals surface area contributed by atoms with Crippen molar-refractivity contribution in [2.75, 3.05) is 33.4 Å². The first kappa shape index (κ1) is 14.9. The fraction of sp³-hybridized carbons (Fsp3) is 0.455. The lowest BCUT2D eigenvalue weighted by atomic mass is 10.3. The number of aliphatic hydroxyl groups is 2. The predicted molar refractivity (Wildman–Crippen MR) is 65.9 cm³/mol. The molecule has 0 unspecified atom stereocenters. The van der Waals surface area contributed by atoms with Gasteiger partial charge in [-0.2, -0.15) is 4.31 Å². The average Bonchev–Trinajstić information content (AvgIpc) is 2.38. The van der Waals surface area contributed by atoms with Gasteiger partial charge in [0.05, 0.1) is 25.2 Å². The second kappa shape index (κ2) is 6.69. The van der Waals surface area contributed by atoms with Crippen molar-refractivity contribution in [3.05, 3.63) is 24.3 Å². The molecule has 102 valence electrons. The second-order valence-corrected chi connectivity index (χ2v) is 5.46. The van der Waals surface area contributed by atoms with Crippen molar-refractivity contribution in [1.29, 1.82) is 0 Å². The van der Waals surface area contributed by atoms with Gasteiger partial charge >= 0.3 is 0 Å². The van der Waals surface area contributed by atoms with Gasteiger partial charge in [0.15, 0.2) is 0 Å². The molecule has 0 bridgehead atoms. The minimum Gasteiger partial charge on any atom is -0.497 e. The van der Waals surface area contributed by atoms with Gasteiger partial charge in [-0.3, -0.25) is 0 Å². The molecule has 1 aromatic carbocycles. The van der Waals surface area contributed by atoms with Crippen LogP contribution in [0.15, 0.2) is 29.2 Å². The van der Waals surface area contributed by atoms with Crippen LogP contribution in [0, 0.1) is 0 Å². The molecular weight excluding hydrogens is 258 g/mol. The highest BCUT2D eigenvalue weighted by molar-refractivity contribution is 7.89. The maximum atomic E-state index is 12.2. The normalized spacial score (nSPS) is 11.8. The van der Waals surface area contributed by atoms with Crippen LogP contribution in [0.25, 0.3) is 0 Å². The summed E-state index contributed by atoms with van der Waals surface area (Å²) in [6, 6.07) is 5.94. The quantitative estimate of drug-likeness (QED) is 0.711. The van der Waals surface area contributed by atoms with E-state index in [0.29, 0.717) is 5.75 Å². The lowest BCUT2D eigenvalue weighted by Gasteiger charge is -2.20. The SMILES string of the molecule is COc1ccc(S(=O)(=O)N(CCO)CCO)cc1. The van der Waals surface area contributed by atoms with E-state index in [0.717, 1.165) is 4.31 Å². The van der Waals surface area contributed by atoms with Crippen molar-refractivity contribution in [1.82, 2.24) is 4.31 Å². The zero-order valence-corrected chi connectivity index (χ0v) is 10.9. The summed E-state index contributed by atoms with van der Waals surface area (Å²) in [5.41, 5.74) is 0. The van der Waals surface area contributed by atoms with Crippen LogP contribution in [0.2, 0.25) is 0 Å². The Morgan fingerprint density at radius 2 is 1.61 bits per heavy atom. The van der Waals surface area contributed by atoms with Gasteiger partial charge in [-0.15, -0.1) is 0 Å². The third-order valence-electron chi connectivity index (χ3n) is 2.40. The van der Waals surface area contributed by atoms with Gasteiger partial charge < -0.3 is 14.9 Å². The number of rotatable bonds is 7. The first-order valence-electron chi connectivity index (χ1n) is 5.42. The summed E-state index contributed by atoms with van der Waals surface area (Å²) in [6.07, 6.45) is 0. The van der Waals surface area contributed by atoms with Gasteiger partial charge in [0.2, 0.25) is 10.0 Å². The van der Waals surface area contributed by atoms with Crippen LogP contribution >= 0.6 is 0 Å². The summed E-state index contributed by atoms with van der Waals surface area (Å²) in [6.45, 7) is -0.686. The summed E-state index contributed by atoms with van der Waals surface area (Å²) < 4.78 is 30.3. The molecule has 0 saturated carbocycles. The standard InChI is InChI=1S/C11H17NO5S/c1-17-10-2-4-11(5-3-10)18(15,16)12(6-8-13)7-9-14/h2-5,13-14H,6-9H2,1H3. The number of ether oxygens (including phenoxy) is 1. The van der Waals surface area contributed by atoms with Gasteiger partial charge in [-0.05, 0) is 24.3 Å². The zero-order valence-electron chi connectivity index (χ0n) is 10.1.